The molecule has 0 saturated heterocycles. The van der Waals surface area contributed by atoms with Crippen LogP contribution < -0.4 is 0 Å². The van der Waals surface area contributed by atoms with Gasteiger partial charge in [0.1, 0.15) is 34.1 Å². The number of phenolic OH excluding ortho intramolecular Hbond substituents is 3. The number of carbonyl (C=O) groups is 3. The predicted molar refractivity (Wildman–Crippen MR) is 224 cm³/mol. The summed E-state index contributed by atoms with van der Waals surface area (Å²) in [5, 5.41) is 31.9. The van der Waals surface area contributed by atoms with Crippen LogP contribution in [0, 0.1) is 0 Å². The number of hydrogen-bond donors (Lipinski definition) is 3. The van der Waals surface area contributed by atoms with Gasteiger partial charge >= 0.3 is 17.9 Å². The molecular weight excluding hydrogens is 741 g/mol. The summed E-state index contributed by atoms with van der Waals surface area (Å²) in [7, 11) is 0. The third kappa shape index (κ3) is 19.2. The van der Waals surface area contributed by atoms with Gasteiger partial charge in [0, 0.05) is 75.6 Å². The van der Waals surface area contributed by atoms with Gasteiger partial charge in [-0.2, -0.15) is 0 Å². The highest BCUT2D eigenvalue weighted by Gasteiger charge is 2.25. The maximum atomic E-state index is 13.1. The van der Waals surface area contributed by atoms with Crippen molar-refractivity contribution in [3.8, 4) is 17.2 Å². The molecule has 0 saturated carbocycles. The van der Waals surface area contributed by atoms with E-state index < -0.39 is 34.7 Å². The Kier molecular flexibility index (Phi) is 18.0. The quantitative estimate of drug-likeness (QED) is 0.0862. The van der Waals surface area contributed by atoms with Gasteiger partial charge in [-0.05, 0) is 80.5 Å². The lowest BCUT2D eigenvalue weighted by molar-refractivity contribution is -0.157. The molecule has 58 heavy (non-hydrogen) atoms. The summed E-state index contributed by atoms with van der Waals surface area (Å²) in [5.74, 6) is -0.821. The number of nitrogens with zero attached hydrogens (tertiary/aromatic N) is 4. The second-order valence-corrected chi connectivity index (χ2v) is 17.6. The van der Waals surface area contributed by atoms with Crippen LogP contribution in [0.15, 0.2) is 72.8 Å². The van der Waals surface area contributed by atoms with Crippen LogP contribution >= 0.6 is 0 Å². The van der Waals surface area contributed by atoms with E-state index in [9.17, 15) is 29.7 Å². The van der Waals surface area contributed by atoms with Gasteiger partial charge in [-0.3, -0.25) is 34.0 Å². The minimum absolute atomic E-state index is 0.0183. The van der Waals surface area contributed by atoms with E-state index >= 15 is 0 Å². The number of carbonyl (C=O) groups excluding carboxylic acids is 3. The summed E-state index contributed by atoms with van der Waals surface area (Å²) in [6.45, 7) is 19.8. The van der Waals surface area contributed by atoms with E-state index in [1.807, 2.05) is 113 Å². The van der Waals surface area contributed by atoms with Gasteiger partial charge in [-0.15, -0.1) is 0 Å². The van der Waals surface area contributed by atoms with Gasteiger partial charge in [0.2, 0.25) is 0 Å². The minimum atomic E-state index is -0.681. The molecule has 3 aromatic carbocycles. The number of benzene rings is 3. The standard InChI is InChI=1S/C45H66N4O9/c1-43(2,3)56-40(53)31-47(28-34-16-10-13-19-37(34)50)25-22-46(23-26-48(32-41(54)57-44(4,5)6)29-35-17-11-14-20-38(35)51)24-27-49(33-42(55)58-45(7,8)9)30-36-18-12-15-21-39(36)52/h10-21,50-52H,22-33H2,1-9H3. The van der Waals surface area contributed by atoms with Gasteiger partial charge in [0.25, 0.3) is 0 Å². The summed E-state index contributed by atoms with van der Waals surface area (Å²) in [6.07, 6.45) is 0. The number of ether oxygens (including phenoxy) is 3. The summed E-state index contributed by atoms with van der Waals surface area (Å²) in [5.41, 5.74) is -0.0578. The second kappa shape index (κ2) is 21.9. The number of aromatic hydroxyl groups is 3. The lowest BCUT2D eigenvalue weighted by Crippen LogP contribution is -2.45. The van der Waals surface area contributed by atoms with Crippen LogP contribution in [0.1, 0.15) is 79.0 Å². The van der Waals surface area contributed by atoms with Crippen LogP contribution in [0.5, 0.6) is 17.2 Å². The molecule has 0 atom stereocenters. The van der Waals surface area contributed by atoms with Crippen molar-refractivity contribution in [2.45, 2.75) is 98.8 Å². The van der Waals surface area contributed by atoms with Crippen LogP contribution in [0.2, 0.25) is 0 Å². The molecule has 0 aliphatic heterocycles. The van der Waals surface area contributed by atoms with E-state index in [0.29, 0.717) is 56.0 Å². The van der Waals surface area contributed by atoms with E-state index in [4.69, 9.17) is 14.2 Å². The van der Waals surface area contributed by atoms with Gasteiger partial charge in [-0.25, -0.2) is 0 Å². The first-order chi connectivity index (χ1) is 27.0. The minimum Gasteiger partial charge on any atom is -0.508 e. The molecule has 0 bridgehead atoms. The van der Waals surface area contributed by atoms with Crippen LogP contribution in [-0.4, -0.2) is 129 Å². The number of rotatable bonds is 21. The van der Waals surface area contributed by atoms with E-state index in [1.54, 1.807) is 36.4 Å². The Morgan fingerprint density at radius 3 is 0.862 bits per heavy atom. The molecule has 3 rings (SSSR count). The lowest BCUT2D eigenvalue weighted by Gasteiger charge is -2.32. The third-order valence-corrected chi connectivity index (χ3v) is 8.67. The van der Waals surface area contributed by atoms with E-state index in [2.05, 4.69) is 4.90 Å². The molecule has 0 unspecified atom stereocenters. The van der Waals surface area contributed by atoms with Crippen molar-refractivity contribution >= 4 is 17.9 Å². The topological polar surface area (TPSA) is 153 Å². The Morgan fingerprint density at radius 1 is 0.414 bits per heavy atom. The molecule has 13 nitrogen and oxygen atoms in total. The number of esters is 3. The molecule has 3 N–H and O–H groups in total. The SMILES string of the molecule is CC(C)(C)OC(=O)CN(CCN(CCN(CC(=O)OC(C)(C)C)Cc1ccccc1O)CCN(CC(=O)OC(C)(C)C)Cc1ccccc1O)Cc1ccccc1O. The maximum absolute atomic E-state index is 13.1. The Labute approximate surface area is 345 Å². The summed E-state index contributed by atoms with van der Waals surface area (Å²) in [4.78, 5) is 47.4. The molecular formula is C45H66N4O9. The van der Waals surface area contributed by atoms with Crippen LogP contribution in [0.3, 0.4) is 0 Å². The molecule has 320 valence electrons. The molecule has 3 aromatic rings. The first kappa shape index (κ1) is 47.7. The summed E-state index contributed by atoms with van der Waals surface area (Å²) in [6, 6.07) is 21.0. The molecule has 0 heterocycles. The van der Waals surface area contributed by atoms with E-state index in [1.165, 1.54) is 0 Å². The zero-order valence-electron chi connectivity index (χ0n) is 36.0. The van der Waals surface area contributed by atoms with Crippen LogP contribution in [0.25, 0.3) is 0 Å². The monoisotopic (exact) mass is 806 g/mol. The van der Waals surface area contributed by atoms with Crippen LogP contribution in [0.4, 0.5) is 0 Å². The van der Waals surface area contributed by atoms with Crippen molar-refractivity contribution in [3.05, 3.63) is 89.5 Å². The fraction of sp³-hybridized carbons (Fsp3) is 0.533. The first-order valence-corrected chi connectivity index (χ1v) is 19.9. The fourth-order valence-corrected chi connectivity index (χ4v) is 6.15. The largest absolute Gasteiger partial charge is 0.508 e. The van der Waals surface area contributed by atoms with Gasteiger partial charge in [-0.1, -0.05) is 54.6 Å². The first-order valence-electron chi connectivity index (χ1n) is 19.9. The zero-order chi connectivity index (χ0) is 43.1. The summed E-state index contributed by atoms with van der Waals surface area (Å²) < 4.78 is 17.0. The highest BCUT2D eigenvalue weighted by molar-refractivity contribution is 5.73. The van der Waals surface area contributed by atoms with Crippen molar-refractivity contribution in [3.63, 3.8) is 0 Å². The number of hydrogen-bond acceptors (Lipinski definition) is 13. The molecule has 0 radical (unpaired) electrons. The fourth-order valence-electron chi connectivity index (χ4n) is 6.15. The Morgan fingerprint density at radius 2 is 0.638 bits per heavy atom. The normalized spacial score (nSPS) is 12.4. The molecule has 13 heteroatoms. The highest BCUT2D eigenvalue weighted by Crippen LogP contribution is 2.21. The Bertz CT molecular complexity index is 1560. The number of phenols is 3. The molecule has 0 aliphatic carbocycles. The maximum Gasteiger partial charge on any atom is 0.320 e. The summed E-state index contributed by atoms with van der Waals surface area (Å²) >= 11 is 0. The predicted octanol–water partition coefficient (Wildman–Crippen LogP) is 5.94. The van der Waals surface area contributed by atoms with E-state index in [-0.39, 0.29) is 56.5 Å². The Hall–Kier alpha value is -4.69. The number of para-hydroxylation sites is 3. The molecule has 0 aromatic heterocycles. The van der Waals surface area contributed by atoms with Crippen molar-refractivity contribution < 1.29 is 43.9 Å². The average Bonchev–Trinajstić information content (AvgIpc) is 3.08. The van der Waals surface area contributed by atoms with E-state index in [0.717, 1.165) is 0 Å². The van der Waals surface area contributed by atoms with Crippen LogP contribution in [-0.2, 0) is 48.2 Å². The zero-order valence-corrected chi connectivity index (χ0v) is 36.0. The van der Waals surface area contributed by atoms with Gasteiger partial charge in [0.15, 0.2) is 0 Å². The lowest BCUT2D eigenvalue weighted by atomic mass is 10.1. The molecule has 0 spiro atoms. The molecule has 0 aliphatic rings. The Balaban J connectivity index is 1.93. The van der Waals surface area contributed by atoms with Crippen molar-refractivity contribution in [1.82, 2.24) is 19.6 Å². The van der Waals surface area contributed by atoms with Crippen molar-refractivity contribution in [2.75, 3.05) is 58.9 Å². The second-order valence-electron chi connectivity index (χ2n) is 17.6. The average molecular weight is 807 g/mol. The smallest absolute Gasteiger partial charge is 0.320 e. The highest BCUT2D eigenvalue weighted by atomic mass is 16.6. The van der Waals surface area contributed by atoms with Crippen molar-refractivity contribution in [1.29, 1.82) is 0 Å². The third-order valence-electron chi connectivity index (χ3n) is 8.67. The molecule has 0 fully saturated rings. The van der Waals surface area contributed by atoms with Gasteiger partial charge in [0.05, 0.1) is 19.6 Å². The molecule has 0 amide bonds. The van der Waals surface area contributed by atoms with Gasteiger partial charge < -0.3 is 29.5 Å². The van der Waals surface area contributed by atoms with Crippen molar-refractivity contribution in [2.24, 2.45) is 0 Å².